The lowest BCUT2D eigenvalue weighted by molar-refractivity contribution is 0.0245. The molecule has 1 saturated carbocycles. The average Bonchev–Trinajstić information content (AvgIpc) is 3.09. The smallest absolute Gasteiger partial charge is 0.0672 e. The molecule has 18 heavy (non-hydrogen) atoms. The van der Waals surface area contributed by atoms with Gasteiger partial charge in [0.1, 0.15) is 0 Å². The SMILES string of the molecule is CCCCCC1(CNC(C)C)CCOC1C1CC1. The lowest BCUT2D eigenvalue weighted by Gasteiger charge is -2.35. The van der Waals surface area contributed by atoms with E-state index in [4.69, 9.17) is 4.74 Å². The van der Waals surface area contributed by atoms with Crippen molar-refractivity contribution in [2.24, 2.45) is 11.3 Å². The van der Waals surface area contributed by atoms with Crippen LogP contribution in [0.2, 0.25) is 0 Å². The van der Waals surface area contributed by atoms with Gasteiger partial charge < -0.3 is 10.1 Å². The molecule has 2 atom stereocenters. The van der Waals surface area contributed by atoms with Crippen LogP contribution in [0.4, 0.5) is 0 Å². The molecule has 2 nitrogen and oxygen atoms in total. The van der Waals surface area contributed by atoms with E-state index in [1.54, 1.807) is 0 Å². The van der Waals surface area contributed by atoms with Gasteiger partial charge in [-0.1, -0.05) is 40.0 Å². The predicted molar refractivity (Wildman–Crippen MR) is 76.8 cm³/mol. The predicted octanol–water partition coefficient (Wildman–Crippen LogP) is 3.75. The zero-order chi connectivity index (χ0) is 13.0. The van der Waals surface area contributed by atoms with Crippen molar-refractivity contribution < 1.29 is 4.74 Å². The van der Waals surface area contributed by atoms with Crippen LogP contribution < -0.4 is 5.32 Å². The Balaban J connectivity index is 1.95. The van der Waals surface area contributed by atoms with Crippen LogP contribution in [-0.2, 0) is 4.74 Å². The first kappa shape index (κ1) is 14.3. The molecule has 0 aromatic carbocycles. The summed E-state index contributed by atoms with van der Waals surface area (Å²) in [5, 5.41) is 3.69. The van der Waals surface area contributed by atoms with E-state index in [0.717, 1.165) is 19.1 Å². The summed E-state index contributed by atoms with van der Waals surface area (Å²) in [7, 11) is 0. The summed E-state index contributed by atoms with van der Waals surface area (Å²) in [6.07, 6.45) is 10.1. The van der Waals surface area contributed by atoms with E-state index in [9.17, 15) is 0 Å². The fourth-order valence-electron chi connectivity index (χ4n) is 3.42. The van der Waals surface area contributed by atoms with Crippen LogP contribution in [0.1, 0.15) is 65.7 Å². The van der Waals surface area contributed by atoms with Gasteiger partial charge in [-0.25, -0.2) is 0 Å². The van der Waals surface area contributed by atoms with Gasteiger partial charge in [0.15, 0.2) is 0 Å². The average molecular weight is 253 g/mol. The molecule has 2 heteroatoms. The number of nitrogens with one attached hydrogen (secondary N) is 1. The van der Waals surface area contributed by atoms with Crippen molar-refractivity contribution >= 4 is 0 Å². The topological polar surface area (TPSA) is 21.3 Å². The zero-order valence-corrected chi connectivity index (χ0v) is 12.5. The molecule has 1 N–H and O–H groups in total. The Morgan fingerprint density at radius 3 is 2.67 bits per heavy atom. The fourth-order valence-corrected chi connectivity index (χ4v) is 3.42. The lowest BCUT2D eigenvalue weighted by atomic mass is 9.74. The van der Waals surface area contributed by atoms with Crippen LogP contribution in [-0.4, -0.2) is 25.3 Å². The Bertz CT molecular complexity index is 249. The van der Waals surface area contributed by atoms with Crippen molar-refractivity contribution in [3.8, 4) is 0 Å². The van der Waals surface area contributed by atoms with Crippen LogP contribution in [0.3, 0.4) is 0 Å². The molecule has 0 aromatic heterocycles. The molecule has 1 heterocycles. The van der Waals surface area contributed by atoms with Crippen LogP contribution in [0.15, 0.2) is 0 Å². The number of unbranched alkanes of at least 4 members (excludes halogenated alkanes) is 2. The summed E-state index contributed by atoms with van der Waals surface area (Å²) in [5.74, 6) is 0.878. The van der Waals surface area contributed by atoms with Gasteiger partial charge in [0.2, 0.25) is 0 Å². The fraction of sp³-hybridized carbons (Fsp3) is 1.00. The van der Waals surface area contributed by atoms with Gasteiger partial charge in [-0.3, -0.25) is 0 Å². The Morgan fingerprint density at radius 2 is 2.06 bits per heavy atom. The summed E-state index contributed by atoms with van der Waals surface area (Å²) in [6.45, 7) is 8.95. The normalized spacial score (nSPS) is 32.3. The first-order valence-corrected chi connectivity index (χ1v) is 8.03. The number of hydrogen-bond acceptors (Lipinski definition) is 2. The Morgan fingerprint density at radius 1 is 1.28 bits per heavy atom. The molecule has 2 aliphatic rings. The Hall–Kier alpha value is -0.0800. The quantitative estimate of drug-likeness (QED) is 0.665. The summed E-state index contributed by atoms with van der Waals surface area (Å²) in [4.78, 5) is 0. The highest BCUT2D eigenvalue weighted by molar-refractivity contribution is 5.00. The molecule has 0 radical (unpaired) electrons. The molecule has 0 spiro atoms. The van der Waals surface area contributed by atoms with Gasteiger partial charge in [-0.05, 0) is 31.6 Å². The van der Waals surface area contributed by atoms with Gasteiger partial charge in [0, 0.05) is 24.6 Å². The number of ether oxygens (including phenoxy) is 1. The van der Waals surface area contributed by atoms with Crippen molar-refractivity contribution in [1.29, 1.82) is 0 Å². The molecular weight excluding hydrogens is 222 g/mol. The first-order valence-electron chi connectivity index (χ1n) is 8.03. The van der Waals surface area contributed by atoms with Gasteiger partial charge in [-0.15, -0.1) is 0 Å². The van der Waals surface area contributed by atoms with E-state index >= 15 is 0 Å². The second kappa shape index (κ2) is 6.38. The zero-order valence-electron chi connectivity index (χ0n) is 12.5. The molecule has 2 unspecified atom stereocenters. The highest BCUT2D eigenvalue weighted by Gasteiger charge is 2.50. The largest absolute Gasteiger partial charge is 0.377 e. The molecule has 0 amide bonds. The minimum Gasteiger partial charge on any atom is -0.377 e. The van der Waals surface area contributed by atoms with Gasteiger partial charge >= 0.3 is 0 Å². The summed E-state index contributed by atoms with van der Waals surface area (Å²) < 4.78 is 6.12. The second-order valence-electron chi connectivity index (χ2n) is 6.73. The van der Waals surface area contributed by atoms with E-state index in [1.165, 1.54) is 44.9 Å². The Labute approximate surface area is 113 Å². The van der Waals surface area contributed by atoms with Gasteiger partial charge in [0.05, 0.1) is 6.10 Å². The third kappa shape index (κ3) is 3.48. The minimum absolute atomic E-state index is 0.445. The van der Waals surface area contributed by atoms with Crippen molar-refractivity contribution in [2.75, 3.05) is 13.2 Å². The minimum atomic E-state index is 0.445. The molecule has 1 aliphatic carbocycles. The van der Waals surface area contributed by atoms with E-state index in [-0.39, 0.29) is 0 Å². The molecule has 2 fully saturated rings. The van der Waals surface area contributed by atoms with Crippen molar-refractivity contribution in [3.05, 3.63) is 0 Å². The molecule has 106 valence electrons. The van der Waals surface area contributed by atoms with E-state index in [1.807, 2.05) is 0 Å². The molecule has 0 bridgehead atoms. The van der Waals surface area contributed by atoms with E-state index in [0.29, 0.717) is 17.6 Å². The lowest BCUT2D eigenvalue weighted by Crippen LogP contribution is -2.43. The monoisotopic (exact) mass is 253 g/mol. The summed E-state index contributed by atoms with van der Waals surface area (Å²) >= 11 is 0. The maximum absolute atomic E-state index is 6.12. The second-order valence-corrected chi connectivity index (χ2v) is 6.73. The van der Waals surface area contributed by atoms with Crippen molar-refractivity contribution in [1.82, 2.24) is 5.32 Å². The van der Waals surface area contributed by atoms with Crippen LogP contribution in [0.5, 0.6) is 0 Å². The maximum atomic E-state index is 6.12. The Kier molecular flexibility index (Phi) is 5.08. The van der Waals surface area contributed by atoms with E-state index in [2.05, 4.69) is 26.1 Å². The third-order valence-electron chi connectivity index (χ3n) is 4.69. The maximum Gasteiger partial charge on any atom is 0.0672 e. The highest BCUT2D eigenvalue weighted by Crippen LogP contribution is 2.50. The van der Waals surface area contributed by atoms with Crippen LogP contribution >= 0.6 is 0 Å². The van der Waals surface area contributed by atoms with Crippen molar-refractivity contribution in [3.63, 3.8) is 0 Å². The number of rotatable bonds is 8. The molecule has 1 aliphatic heterocycles. The van der Waals surface area contributed by atoms with Gasteiger partial charge in [0.25, 0.3) is 0 Å². The van der Waals surface area contributed by atoms with E-state index < -0.39 is 0 Å². The molecular formula is C16H31NO. The van der Waals surface area contributed by atoms with Gasteiger partial charge in [-0.2, -0.15) is 0 Å². The standard InChI is InChI=1S/C16H31NO/c1-4-5-6-9-16(12-17-13(2)3)10-11-18-15(16)14-7-8-14/h13-15,17H,4-12H2,1-3H3. The van der Waals surface area contributed by atoms with Crippen LogP contribution in [0.25, 0.3) is 0 Å². The molecule has 1 saturated heterocycles. The highest BCUT2D eigenvalue weighted by atomic mass is 16.5. The molecule has 2 rings (SSSR count). The number of hydrogen-bond donors (Lipinski definition) is 1. The third-order valence-corrected chi connectivity index (χ3v) is 4.69. The first-order chi connectivity index (χ1) is 8.68. The molecule has 0 aromatic rings. The summed E-state index contributed by atoms with van der Waals surface area (Å²) in [6, 6.07) is 0.591. The van der Waals surface area contributed by atoms with Crippen molar-refractivity contribution in [2.45, 2.75) is 77.9 Å². The summed E-state index contributed by atoms with van der Waals surface area (Å²) in [5.41, 5.74) is 0.445. The van der Waals surface area contributed by atoms with Crippen LogP contribution in [0, 0.1) is 11.3 Å².